The fraction of sp³-hybridized carbons (Fsp3) is 0.346. The number of amidine groups is 1. The number of benzene rings is 2. The van der Waals surface area contributed by atoms with Crippen molar-refractivity contribution < 1.29 is 14.3 Å². The number of hydrogen-bond acceptors (Lipinski definition) is 5. The molecular weight excluding hydrogens is 434 g/mol. The van der Waals surface area contributed by atoms with Crippen molar-refractivity contribution in [1.82, 2.24) is 5.32 Å². The molecule has 7 heteroatoms. The summed E-state index contributed by atoms with van der Waals surface area (Å²) >= 11 is 1.29. The lowest BCUT2D eigenvalue weighted by atomic mass is 10.0. The quantitative estimate of drug-likeness (QED) is 0.589. The lowest BCUT2D eigenvalue weighted by Gasteiger charge is -2.20. The van der Waals surface area contributed by atoms with E-state index in [2.05, 4.69) is 36.3 Å². The van der Waals surface area contributed by atoms with Crippen molar-refractivity contribution in [1.29, 1.82) is 0 Å². The van der Waals surface area contributed by atoms with Gasteiger partial charge in [-0.2, -0.15) is 0 Å². The van der Waals surface area contributed by atoms with Crippen molar-refractivity contribution in [3.63, 3.8) is 0 Å². The molecule has 2 aromatic rings. The number of methoxy groups -OCH3 is 1. The van der Waals surface area contributed by atoms with Gasteiger partial charge in [0.15, 0.2) is 5.17 Å². The zero-order chi connectivity index (χ0) is 23.5. The minimum atomic E-state index is -0.380. The number of anilines is 1. The van der Waals surface area contributed by atoms with Crippen LogP contribution in [0.15, 0.2) is 59.2 Å². The SMILES string of the molecule is COc1cccc(N2C(=O)/C(=C\c3ccc(C(C)C)cc3)N=C2SC(C)C(=O)NC2CC2)c1. The molecule has 0 radical (unpaired) electrons. The number of hydrogen-bond donors (Lipinski definition) is 1. The Morgan fingerprint density at radius 1 is 1.18 bits per heavy atom. The zero-order valence-electron chi connectivity index (χ0n) is 19.4. The van der Waals surface area contributed by atoms with Crippen molar-refractivity contribution in [2.24, 2.45) is 4.99 Å². The number of amides is 2. The Labute approximate surface area is 199 Å². The second kappa shape index (κ2) is 9.83. The van der Waals surface area contributed by atoms with Crippen molar-refractivity contribution in [2.45, 2.75) is 50.8 Å². The number of rotatable bonds is 7. The number of thioether (sulfide) groups is 1. The predicted molar refractivity (Wildman–Crippen MR) is 135 cm³/mol. The fourth-order valence-electron chi connectivity index (χ4n) is 3.45. The van der Waals surface area contributed by atoms with E-state index < -0.39 is 0 Å². The maximum absolute atomic E-state index is 13.4. The van der Waals surface area contributed by atoms with E-state index in [1.807, 2.05) is 37.3 Å². The van der Waals surface area contributed by atoms with Crippen molar-refractivity contribution >= 4 is 40.5 Å². The third-order valence-corrected chi connectivity index (χ3v) is 6.68. The molecule has 1 fully saturated rings. The van der Waals surface area contributed by atoms with Crippen LogP contribution >= 0.6 is 11.8 Å². The number of carbonyl (C=O) groups excluding carboxylic acids is 2. The van der Waals surface area contributed by atoms with Crippen LogP contribution in [0.2, 0.25) is 0 Å². The van der Waals surface area contributed by atoms with Crippen LogP contribution in [0.25, 0.3) is 6.08 Å². The van der Waals surface area contributed by atoms with E-state index in [4.69, 9.17) is 4.74 Å². The smallest absolute Gasteiger partial charge is 0.283 e. The molecule has 1 saturated carbocycles. The first-order valence-corrected chi connectivity index (χ1v) is 12.1. The van der Waals surface area contributed by atoms with Crippen LogP contribution in [0.3, 0.4) is 0 Å². The molecule has 0 aromatic heterocycles. The standard InChI is InChI=1S/C26H29N3O3S/c1-16(2)19-10-8-18(9-11-19)14-23-25(31)29(21-6-5-7-22(15-21)32-4)26(28-23)33-17(3)24(30)27-20-12-13-20/h5-11,14-17,20H,12-13H2,1-4H3,(H,27,30)/b23-14+. The monoisotopic (exact) mass is 463 g/mol. The van der Waals surface area contributed by atoms with Crippen LogP contribution in [0.5, 0.6) is 5.75 Å². The molecule has 4 rings (SSSR count). The first kappa shape index (κ1) is 23.1. The van der Waals surface area contributed by atoms with E-state index in [9.17, 15) is 9.59 Å². The van der Waals surface area contributed by atoms with Crippen LogP contribution < -0.4 is 15.0 Å². The van der Waals surface area contributed by atoms with Crippen molar-refractivity contribution in [2.75, 3.05) is 12.0 Å². The average Bonchev–Trinajstić information content (AvgIpc) is 3.57. The lowest BCUT2D eigenvalue weighted by molar-refractivity contribution is -0.120. The number of ether oxygens (including phenoxy) is 1. The minimum absolute atomic E-state index is 0.0371. The van der Waals surface area contributed by atoms with Gasteiger partial charge < -0.3 is 10.1 Å². The summed E-state index contributed by atoms with van der Waals surface area (Å²) in [6, 6.07) is 15.7. The van der Waals surface area contributed by atoms with Crippen molar-refractivity contribution in [3.8, 4) is 5.75 Å². The summed E-state index contributed by atoms with van der Waals surface area (Å²) < 4.78 is 5.34. The molecule has 33 heavy (non-hydrogen) atoms. The fourth-order valence-corrected chi connectivity index (χ4v) is 4.38. The Bertz CT molecular complexity index is 1100. The summed E-state index contributed by atoms with van der Waals surface area (Å²) in [6.45, 7) is 6.13. The van der Waals surface area contributed by atoms with Gasteiger partial charge in [0.2, 0.25) is 5.91 Å². The Morgan fingerprint density at radius 3 is 2.55 bits per heavy atom. The third-order valence-electron chi connectivity index (χ3n) is 5.62. The predicted octanol–water partition coefficient (Wildman–Crippen LogP) is 4.96. The Kier molecular flexibility index (Phi) is 6.88. The van der Waals surface area contributed by atoms with Gasteiger partial charge in [-0.3, -0.25) is 14.5 Å². The third kappa shape index (κ3) is 5.47. The van der Waals surface area contributed by atoms with Gasteiger partial charge in [0.25, 0.3) is 5.91 Å². The zero-order valence-corrected chi connectivity index (χ0v) is 20.2. The van der Waals surface area contributed by atoms with E-state index in [1.54, 1.807) is 24.2 Å². The van der Waals surface area contributed by atoms with Crippen LogP contribution in [0.1, 0.15) is 50.7 Å². The van der Waals surface area contributed by atoms with Crippen LogP contribution in [-0.4, -0.2) is 35.4 Å². The second-order valence-corrected chi connectivity index (χ2v) is 9.94. The maximum atomic E-state index is 13.4. The highest BCUT2D eigenvalue weighted by atomic mass is 32.2. The molecule has 2 aromatic carbocycles. The number of aliphatic imine (C=N–C) groups is 1. The summed E-state index contributed by atoms with van der Waals surface area (Å²) in [7, 11) is 1.59. The maximum Gasteiger partial charge on any atom is 0.283 e. The first-order valence-electron chi connectivity index (χ1n) is 11.2. The van der Waals surface area contributed by atoms with Gasteiger partial charge in [-0.05, 0) is 55.0 Å². The van der Waals surface area contributed by atoms with Gasteiger partial charge in [-0.25, -0.2) is 4.99 Å². The molecule has 2 aliphatic rings. The van der Waals surface area contributed by atoms with Gasteiger partial charge in [0.05, 0.1) is 18.0 Å². The van der Waals surface area contributed by atoms with Crippen LogP contribution in [0.4, 0.5) is 5.69 Å². The molecule has 1 unspecified atom stereocenters. The Balaban J connectivity index is 1.64. The van der Waals surface area contributed by atoms with E-state index in [0.717, 1.165) is 18.4 Å². The normalized spacial score (nSPS) is 18.0. The number of carbonyl (C=O) groups is 2. The average molecular weight is 464 g/mol. The van der Waals surface area contributed by atoms with E-state index in [-0.39, 0.29) is 23.1 Å². The topological polar surface area (TPSA) is 71.0 Å². The summed E-state index contributed by atoms with van der Waals surface area (Å²) in [5.41, 5.74) is 3.14. The summed E-state index contributed by atoms with van der Waals surface area (Å²) in [4.78, 5) is 32.2. The molecule has 1 aliphatic carbocycles. The van der Waals surface area contributed by atoms with Gasteiger partial charge >= 0.3 is 0 Å². The molecule has 1 atom stereocenters. The van der Waals surface area contributed by atoms with Crippen LogP contribution in [-0.2, 0) is 9.59 Å². The molecule has 1 aliphatic heterocycles. The largest absolute Gasteiger partial charge is 0.497 e. The van der Waals surface area contributed by atoms with E-state index in [1.165, 1.54) is 17.3 Å². The highest BCUT2D eigenvalue weighted by Crippen LogP contribution is 2.33. The summed E-state index contributed by atoms with van der Waals surface area (Å²) in [6.07, 6.45) is 3.85. The summed E-state index contributed by atoms with van der Waals surface area (Å²) in [5.74, 6) is 0.817. The van der Waals surface area contributed by atoms with E-state index >= 15 is 0 Å². The molecular formula is C26H29N3O3S. The molecule has 0 bridgehead atoms. The Hall–Kier alpha value is -3.06. The molecule has 1 N–H and O–H groups in total. The molecule has 6 nitrogen and oxygen atoms in total. The van der Waals surface area contributed by atoms with Crippen LogP contribution in [0, 0.1) is 0 Å². The van der Waals surface area contributed by atoms with Gasteiger partial charge in [0.1, 0.15) is 11.4 Å². The molecule has 172 valence electrons. The number of nitrogens with one attached hydrogen (secondary N) is 1. The second-order valence-electron chi connectivity index (χ2n) is 8.63. The molecule has 2 amide bonds. The molecule has 0 spiro atoms. The first-order chi connectivity index (χ1) is 15.9. The molecule has 0 saturated heterocycles. The minimum Gasteiger partial charge on any atom is -0.497 e. The van der Waals surface area contributed by atoms with Gasteiger partial charge in [-0.1, -0.05) is 55.9 Å². The lowest BCUT2D eigenvalue weighted by Crippen LogP contribution is -2.36. The Morgan fingerprint density at radius 2 is 1.91 bits per heavy atom. The van der Waals surface area contributed by atoms with Gasteiger partial charge in [0, 0.05) is 12.1 Å². The van der Waals surface area contributed by atoms with E-state index in [0.29, 0.717) is 28.2 Å². The molecule has 1 heterocycles. The highest BCUT2D eigenvalue weighted by Gasteiger charge is 2.35. The van der Waals surface area contributed by atoms with Crippen molar-refractivity contribution in [3.05, 3.63) is 65.4 Å². The number of nitrogens with zero attached hydrogens (tertiary/aromatic N) is 2. The van der Waals surface area contributed by atoms with Gasteiger partial charge in [-0.15, -0.1) is 0 Å². The summed E-state index contributed by atoms with van der Waals surface area (Å²) in [5, 5.41) is 3.13. The highest BCUT2D eigenvalue weighted by molar-refractivity contribution is 8.15.